The van der Waals surface area contributed by atoms with E-state index in [0.717, 1.165) is 5.56 Å². The zero-order chi connectivity index (χ0) is 11.4. The van der Waals surface area contributed by atoms with E-state index in [1.807, 2.05) is 13.8 Å². The Morgan fingerprint density at radius 2 is 2.13 bits per heavy atom. The summed E-state index contributed by atoms with van der Waals surface area (Å²) in [6, 6.07) is 3.47. The van der Waals surface area contributed by atoms with Gasteiger partial charge in [0.1, 0.15) is 5.75 Å². The summed E-state index contributed by atoms with van der Waals surface area (Å²) in [7, 11) is 0. The minimum absolute atomic E-state index is 0.123. The first-order valence-electron chi connectivity index (χ1n) is 4.83. The van der Waals surface area contributed by atoms with Crippen LogP contribution in [0, 0.1) is 6.92 Å². The summed E-state index contributed by atoms with van der Waals surface area (Å²) < 4.78 is 5.32. The number of ether oxygens (including phenoxy) is 1. The molecule has 0 spiro atoms. The molecule has 0 amide bonds. The van der Waals surface area contributed by atoms with E-state index in [2.05, 4.69) is 0 Å². The maximum atomic E-state index is 11.3. The van der Waals surface area contributed by atoms with E-state index in [9.17, 15) is 9.59 Å². The average Bonchev–Trinajstić information content (AvgIpc) is 2.17. The summed E-state index contributed by atoms with van der Waals surface area (Å²) in [4.78, 5) is 22.2. The maximum Gasteiger partial charge on any atom is 0.160 e. The van der Waals surface area contributed by atoms with Gasteiger partial charge in [0, 0.05) is 5.56 Å². The van der Waals surface area contributed by atoms with Crippen LogP contribution in [0.1, 0.15) is 40.1 Å². The monoisotopic (exact) mass is 206 g/mol. The third-order valence-corrected chi connectivity index (χ3v) is 2.08. The molecule has 1 rings (SSSR count). The van der Waals surface area contributed by atoms with Gasteiger partial charge in [0.15, 0.2) is 12.1 Å². The zero-order valence-electron chi connectivity index (χ0n) is 9.16. The Labute approximate surface area is 89.1 Å². The summed E-state index contributed by atoms with van der Waals surface area (Å²) in [5.41, 5.74) is 1.68. The fourth-order valence-electron chi connectivity index (χ4n) is 1.45. The molecule has 3 nitrogen and oxygen atoms in total. The Hall–Kier alpha value is -1.64. The number of hydrogen-bond donors (Lipinski definition) is 0. The van der Waals surface area contributed by atoms with Crippen molar-refractivity contribution in [1.29, 1.82) is 0 Å². The van der Waals surface area contributed by atoms with Gasteiger partial charge < -0.3 is 4.74 Å². The smallest absolute Gasteiger partial charge is 0.160 e. The van der Waals surface area contributed by atoms with Gasteiger partial charge in [-0.1, -0.05) is 0 Å². The number of aryl methyl sites for hydroxylation is 1. The molecule has 80 valence electrons. The van der Waals surface area contributed by atoms with Gasteiger partial charge in [-0.25, -0.2) is 0 Å². The second-order valence-corrected chi connectivity index (χ2v) is 3.33. The van der Waals surface area contributed by atoms with Gasteiger partial charge in [-0.05, 0) is 38.5 Å². The summed E-state index contributed by atoms with van der Waals surface area (Å²) in [5.74, 6) is 0.361. The Balaban J connectivity index is 3.37. The highest BCUT2D eigenvalue weighted by atomic mass is 16.5. The molecule has 1 aromatic rings. The first-order valence-corrected chi connectivity index (χ1v) is 4.83. The number of carbonyl (C=O) groups excluding carboxylic acids is 2. The fourth-order valence-corrected chi connectivity index (χ4v) is 1.45. The number of hydrogen-bond acceptors (Lipinski definition) is 3. The van der Waals surface area contributed by atoms with Crippen LogP contribution < -0.4 is 4.74 Å². The van der Waals surface area contributed by atoms with Crippen LogP contribution in [0.4, 0.5) is 0 Å². The maximum absolute atomic E-state index is 11.3. The van der Waals surface area contributed by atoms with Crippen LogP contribution in [0.3, 0.4) is 0 Å². The second kappa shape index (κ2) is 4.73. The molecule has 0 N–H and O–H groups in total. The van der Waals surface area contributed by atoms with Gasteiger partial charge in [0.25, 0.3) is 0 Å². The Morgan fingerprint density at radius 3 is 2.60 bits per heavy atom. The van der Waals surface area contributed by atoms with Crippen molar-refractivity contribution in [1.82, 2.24) is 0 Å². The van der Waals surface area contributed by atoms with Crippen molar-refractivity contribution >= 4 is 12.1 Å². The van der Waals surface area contributed by atoms with E-state index in [0.29, 0.717) is 29.8 Å². The van der Waals surface area contributed by atoms with Crippen molar-refractivity contribution in [2.75, 3.05) is 6.61 Å². The summed E-state index contributed by atoms with van der Waals surface area (Å²) >= 11 is 0. The third kappa shape index (κ3) is 2.43. The first-order chi connectivity index (χ1) is 7.10. The number of rotatable bonds is 4. The van der Waals surface area contributed by atoms with E-state index < -0.39 is 0 Å². The van der Waals surface area contributed by atoms with E-state index >= 15 is 0 Å². The van der Waals surface area contributed by atoms with Gasteiger partial charge in [-0.3, -0.25) is 9.59 Å². The Kier molecular flexibility index (Phi) is 3.61. The summed E-state index contributed by atoms with van der Waals surface area (Å²) in [6.07, 6.45) is 0.668. The minimum Gasteiger partial charge on any atom is -0.493 e. The van der Waals surface area contributed by atoms with Crippen LogP contribution in [-0.4, -0.2) is 18.7 Å². The fraction of sp³-hybridized carbons (Fsp3) is 0.333. The Bertz CT molecular complexity index is 394. The van der Waals surface area contributed by atoms with Crippen molar-refractivity contribution in [3.05, 3.63) is 28.8 Å². The van der Waals surface area contributed by atoms with E-state index in [1.165, 1.54) is 6.92 Å². The van der Waals surface area contributed by atoms with Crippen molar-refractivity contribution < 1.29 is 14.3 Å². The van der Waals surface area contributed by atoms with Gasteiger partial charge in [-0.2, -0.15) is 0 Å². The molecule has 0 unspecified atom stereocenters. The molecule has 0 bridgehead atoms. The standard InChI is InChI=1S/C12H14O3/c1-4-15-12-6-8(2)5-10(9(3)14)11(12)7-13/h5-7H,4H2,1-3H3. The summed E-state index contributed by atoms with van der Waals surface area (Å²) in [5, 5.41) is 0. The molecule has 0 saturated carbocycles. The van der Waals surface area contributed by atoms with E-state index in [1.54, 1.807) is 12.1 Å². The number of Topliss-reactive ketones (excluding diaryl/α,β-unsaturated/α-hetero) is 1. The summed E-state index contributed by atoms with van der Waals surface area (Å²) in [6.45, 7) is 5.62. The lowest BCUT2D eigenvalue weighted by molar-refractivity contribution is 0.100. The second-order valence-electron chi connectivity index (χ2n) is 3.33. The minimum atomic E-state index is -0.123. The van der Waals surface area contributed by atoms with Crippen LogP contribution >= 0.6 is 0 Å². The first kappa shape index (κ1) is 11.4. The van der Waals surface area contributed by atoms with Crippen LogP contribution in [0.25, 0.3) is 0 Å². The molecule has 0 atom stereocenters. The lowest BCUT2D eigenvalue weighted by Crippen LogP contribution is -2.04. The molecule has 0 aliphatic rings. The molecule has 0 aliphatic carbocycles. The number of benzene rings is 1. The van der Waals surface area contributed by atoms with Crippen molar-refractivity contribution in [2.24, 2.45) is 0 Å². The molecule has 1 aromatic carbocycles. The molecular formula is C12H14O3. The molecule has 0 fully saturated rings. The van der Waals surface area contributed by atoms with Crippen LogP contribution in [0.15, 0.2) is 12.1 Å². The molecule has 15 heavy (non-hydrogen) atoms. The largest absolute Gasteiger partial charge is 0.493 e. The zero-order valence-corrected chi connectivity index (χ0v) is 9.16. The van der Waals surface area contributed by atoms with Crippen LogP contribution in [-0.2, 0) is 0 Å². The molecule has 0 radical (unpaired) electrons. The highest BCUT2D eigenvalue weighted by molar-refractivity contribution is 6.03. The van der Waals surface area contributed by atoms with Crippen LogP contribution in [0.5, 0.6) is 5.75 Å². The molecule has 0 aromatic heterocycles. The SMILES string of the molecule is CCOc1cc(C)cc(C(C)=O)c1C=O. The van der Waals surface area contributed by atoms with Gasteiger partial charge in [-0.15, -0.1) is 0 Å². The van der Waals surface area contributed by atoms with Crippen molar-refractivity contribution in [3.8, 4) is 5.75 Å². The van der Waals surface area contributed by atoms with E-state index in [-0.39, 0.29) is 5.78 Å². The molecule has 0 heterocycles. The van der Waals surface area contributed by atoms with Gasteiger partial charge >= 0.3 is 0 Å². The highest BCUT2D eigenvalue weighted by Gasteiger charge is 2.13. The number of ketones is 1. The molecule has 3 heteroatoms. The average molecular weight is 206 g/mol. The number of aldehydes is 1. The lowest BCUT2D eigenvalue weighted by Gasteiger charge is -2.10. The van der Waals surface area contributed by atoms with Crippen molar-refractivity contribution in [3.63, 3.8) is 0 Å². The van der Waals surface area contributed by atoms with Gasteiger partial charge in [0.2, 0.25) is 0 Å². The lowest BCUT2D eigenvalue weighted by atomic mass is 10.0. The Morgan fingerprint density at radius 1 is 1.47 bits per heavy atom. The van der Waals surface area contributed by atoms with E-state index in [4.69, 9.17) is 4.74 Å². The normalized spacial score (nSPS) is 9.80. The molecular weight excluding hydrogens is 192 g/mol. The topological polar surface area (TPSA) is 43.4 Å². The predicted molar refractivity (Wildman–Crippen MR) is 57.7 cm³/mol. The highest BCUT2D eigenvalue weighted by Crippen LogP contribution is 2.23. The van der Waals surface area contributed by atoms with Crippen molar-refractivity contribution in [2.45, 2.75) is 20.8 Å². The molecule has 0 aliphatic heterocycles. The van der Waals surface area contributed by atoms with Crippen LogP contribution in [0.2, 0.25) is 0 Å². The molecule has 0 saturated heterocycles. The quantitative estimate of drug-likeness (QED) is 0.561. The number of carbonyl (C=O) groups is 2. The third-order valence-electron chi connectivity index (χ3n) is 2.08. The predicted octanol–water partition coefficient (Wildman–Crippen LogP) is 2.41. The van der Waals surface area contributed by atoms with Gasteiger partial charge in [0.05, 0.1) is 12.2 Å².